The van der Waals surface area contributed by atoms with Gasteiger partial charge in [0, 0.05) is 41.9 Å². The van der Waals surface area contributed by atoms with Crippen molar-refractivity contribution in [3.05, 3.63) is 42.7 Å². The molecule has 1 aromatic carbocycles. The molecule has 0 bridgehead atoms. The van der Waals surface area contributed by atoms with Gasteiger partial charge in [0.25, 0.3) is 0 Å². The van der Waals surface area contributed by atoms with E-state index in [-0.39, 0.29) is 11.3 Å². The number of rotatable bonds is 5. The predicted molar refractivity (Wildman–Crippen MR) is 120 cm³/mol. The van der Waals surface area contributed by atoms with Gasteiger partial charge in [-0.3, -0.25) is 0 Å². The van der Waals surface area contributed by atoms with E-state index in [0.29, 0.717) is 28.9 Å². The zero-order valence-electron chi connectivity index (χ0n) is 18.3. The van der Waals surface area contributed by atoms with Gasteiger partial charge in [0.1, 0.15) is 12.1 Å². The van der Waals surface area contributed by atoms with Crippen LogP contribution in [0.5, 0.6) is 11.6 Å². The second kappa shape index (κ2) is 8.47. The monoisotopic (exact) mass is 420 g/mol. The van der Waals surface area contributed by atoms with E-state index in [9.17, 15) is 5.11 Å². The first-order chi connectivity index (χ1) is 14.8. The number of hydrogen-bond acceptors (Lipinski definition) is 8. The van der Waals surface area contributed by atoms with Crippen molar-refractivity contribution < 1.29 is 9.84 Å². The minimum atomic E-state index is 0.0941. The third-order valence-electron chi connectivity index (χ3n) is 5.22. The highest BCUT2D eigenvalue weighted by molar-refractivity contribution is 5.73. The lowest BCUT2D eigenvalue weighted by atomic mass is 10.1. The first kappa shape index (κ1) is 21.0. The third kappa shape index (κ3) is 4.91. The van der Waals surface area contributed by atoms with Gasteiger partial charge in [0.05, 0.1) is 18.5 Å². The van der Waals surface area contributed by atoms with Crippen LogP contribution in [0.25, 0.3) is 22.5 Å². The number of ether oxygens (including phenoxy) is 1. The SMILES string of the molecule is COc1cc(-c2ccc(-c3ccc(N4CC[C@@H](NC(C)(C)C)C4)nn3)c(O)c2)ncn1. The lowest BCUT2D eigenvalue weighted by Crippen LogP contribution is -2.45. The Labute approximate surface area is 182 Å². The van der Waals surface area contributed by atoms with Gasteiger partial charge in [0.15, 0.2) is 5.82 Å². The van der Waals surface area contributed by atoms with Gasteiger partial charge < -0.3 is 20.1 Å². The number of methoxy groups -OCH3 is 1. The highest BCUT2D eigenvalue weighted by atomic mass is 16.5. The molecule has 0 aliphatic carbocycles. The summed E-state index contributed by atoms with van der Waals surface area (Å²) in [5.74, 6) is 1.44. The number of aromatic nitrogens is 4. The summed E-state index contributed by atoms with van der Waals surface area (Å²) in [4.78, 5) is 10.5. The topological polar surface area (TPSA) is 96.3 Å². The van der Waals surface area contributed by atoms with Gasteiger partial charge in [-0.25, -0.2) is 9.97 Å². The normalized spacial score (nSPS) is 16.5. The summed E-state index contributed by atoms with van der Waals surface area (Å²) < 4.78 is 5.14. The smallest absolute Gasteiger partial charge is 0.216 e. The number of benzene rings is 1. The number of hydrogen-bond donors (Lipinski definition) is 2. The van der Waals surface area contributed by atoms with Crippen LogP contribution < -0.4 is 15.0 Å². The van der Waals surface area contributed by atoms with Crippen molar-refractivity contribution in [2.45, 2.75) is 38.8 Å². The molecule has 1 atom stereocenters. The molecule has 8 nitrogen and oxygen atoms in total. The first-order valence-corrected chi connectivity index (χ1v) is 10.4. The van der Waals surface area contributed by atoms with E-state index in [0.717, 1.165) is 30.9 Å². The van der Waals surface area contributed by atoms with Crippen LogP contribution >= 0.6 is 0 Å². The fourth-order valence-electron chi connectivity index (χ4n) is 3.85. The molecule has 4 rings (SSSR count). The largest absolute Gasteiger partial charge is 0.507 e. The van der Waals surface area contributed by atoms with Gasteiger partial charge >= 0.3 is 0 Å². The fraction of sp³-hybridized carbons (Fsp3) is 0.391. The van der Waals surface area contributed by atoms with E-state index >= 15 is 0 Å². The highest BCUT2D eigenvalue weighted by Gasteiger charge is 2.26. The minimum absolute atomic E-state index is 0.0941. The molecule has 1 fully saturated rings. The van der Waals surface area contributed by atoms with Crippen LogP contribution in [0.4, 0.5) is 5.82 Å². The van der Waals surface area contributed by atoms with E-state index in [1.807, 2.05) is 24.3 Å². The average molecular weight is 421 g/mol. The highest BCUT2D eigenvalue weighted by Crippen LogP contribution is 2.32. The maximum atomic E-state index is 10.6. The molecule has 3 heterocycles. The van der Waals surface area contributed by atoms with Gasteiger partial charge in [-0.1, -0.05) is 6.07 Å². The second-order valence-electron chi connectivity index (χ2n) is 8.78. The predicted octanol–water partition coefficient (Wildman–Crippen LogP) is 3.28. The molecule has 0 saturated carbocycles. The number of anilines is 1. The Morgan fingerprint density at radius 1 is 1.06 bits per heavy atom. The fourth-order valence-corrected chi connectivity index (χ4v) is 3.85. The molecular weight excluding hydrogens is 392 g/mol. The molecule has 0 spiro atoms. The van der Waals surface area contributed by atoms with E-state index in [1.165, 1.54) is 6.33 Å². The van der Waals surface area contributed by atoms with Crippen LogP contribution in [0.1, 0.15) is 27.2 Å². The van der Waals surface area contributed by atoms with Crippen LogP contribution in [0, 0.1) is 0 Å². The molecular formula is C23H28N6O2. The van der Waals surface area contributed by atoms with Gasteiger partial charge in [0.2, 0.25) is 5.88 Å². The molecule has 1 saturated heterocycles. The maximum Gasteiger partial charge on any atom is 0.216 e. The maximum absolute atomic E-state index is 10.6. The van der Waals surface area contributed by atoms with E-state index < -0.39 is 0 Å². The molecule has 3 aromatic rings. The average Bonchev–Trinajstić information content (AvgIpc) is 3.20. The number of aromatic hydroxyl groups is 1. The Hall–Kier alpha value is -3.26. The van der Waals surface area contributed by atoms with Crippen molar-refractivity contribution in [2.75, 3.05) is 25.1 Å². The lowest BCUT2D eigenvalue weighted by molar-refractivity contribution is 0.373. The number of phenolic OH excluding ortho intramolecular Hbond substituents is 1. The zero-order valence-corrected chi connectivity index (χ0v) is 18.3. The number of phenols is 1. The van der Waals surface area contributed by atoms with Crippen molar-refractivity contribution in [1.29, 1.82) is 0 Å². The van der Waals surface area contributed by atoms with Gasteiger partial charge in [-0.05, 0) is 51.5 Å². The summed E-state index contributed by atoms with van der Waals surface area (Å²) in [6.45, 7) is 8.41. The Morgan fingerprint density at radius 3 is 2.58 bits per heavy atom. The second-order valence-corrected chi connectivity index (χ2v) is 8.78. The Morgan fingerprint density at radius 2 is 1.90 bits per heavy atom. The summed E-state index contributed by atoms with van der Waals surface area (Å²) in [5.41, 5.74) is 2.77. The molecule has 31 heavy (non-hydrogen) atoms. The number of nitrogens with zero attached hydrogens (tertiary/aromatic N) is 5. The molecule has 162 valence electrons. The quantitative estimate of drug-likeness (QED) is 0.649. The Bertz CT molecular complexity index is 1050. The molecule has 2 N–H and O–H groups in total. The van der Waals surface area contributed by atoms with Crippen LogP contribution in [0.15, 0.2) is 42.7 Å². The van der Waals surface area contributed by atoms with Crippen molar-refractivity contribution in [3.8, 4) is 34.1 Å². The van der Waals surface area contributed by atoms with Crippen LogP contribution in [0.2, 0.25) is 0 Å². The van der Waals surface area contributed by atoms with Crippen molar-refractivity contribution in [3.63, 3.8) is 0 Å². The molecule has 1 aliphatic heterocycles. The minimum Gasteiger partial charge on any atom is -0.507 e. The molecule has 8 heteroatoms. The Kier molecular flexibility index (Phi) is 5.73. The van der Waals surface area contributed by atoms with Crippen molar-refractivity contribution >= 4 is 5.82 Å². The number of nitrogens with one attached hydrogen (secondary N) is 1. The molecule has 0 amide bonds. The van der Waals surface area contributed by atoms with Gasteiger partial charge in [-0.15, -0.1) is 10.2 Å². The molecule has 1 aliphatic rings. The van der Waals surface area contributed by atoms with E-state index in [2.05, 4.69) is 51.2 Å². The van der Waals surface area contributed by atoms with Gasteiger partial charge in [-0.2, -0.15) is 0 Å². The third-order valence-corrected chi connectivity index (χ3v) is 5.22. The molecule has 0 radical (unpaired) electrons. The Balaban J connectivity index is 1.49. The summed E-state index contributed by atoms with van der Waals surface area (Å²) in [5, 5.41) is 23.0. The summed E-state index contributed by atoms with van der Waals surface area (Å²) in [6.07, 6.45) is 2.51. The zero-order chi connectivity index (χ0) is 22.0. The van der Waals surface area contributed by atoms with Crippen molar-refractivity contribution in [2.24, 2.45) is 0 Å². The van der Waals surface area contributed by atoms with E-state index in [1.54, 1.807) is 19.2 Å². The molecule has 2 aromatic heterocycles. The summed E-state index contributed by atoms with van der Waals surface area (Å²) in [6, 6.07) is 11.4. The van der Waals surface area contributed by atoms with E-state index in [4.69, 9.17) is 4.74 Å². The van der Waals surface area contributed by atoms with Crippen LogP contribution in [0.3, 0.4) is 0 Å². The van der Waals surface area contributed by atoms with Crippen molar-refractivity contribution in [1.82, 2.24) is 25.5 Å². The summed E-state index contributed by atoms with van der Waals surface area (Å²) >= 11 is 0. The molecule has 0 unspecified atom stereocenters. The van der Waals surface area contributed by atoms with Crippen LogP contribution in [-0.4, -0.2) is 57.1 Å². The standard InChI is InChI=1S/C23H28N6O2/c1-23(2,3)26-16-9-10-29(13-16)21-8-7-18(27-28-21)17-6-5-15(11-20(17)30)19-12-22(31-4)25-14-24-19/h5-8,11-12,14,16,26,30H,9-10,13H2,1-4H3/t16-/m1/s1. The summed E-state index contributed by atoms with van der Waals surface area (Å²) in [7, 11) is 1.55. The lowest BCUT2D eigenvalue weighted by Gasteiger charge is -2.26. The van der Waals surface area contributed by atoms with Crippen LogP contribution in [-0.2, 0) is 0 Å². The first-order valence-electron chi connectivity index (χ1n) is 10.4.